The van der Waals surface area contributed by atoms with Gasteiger partial charge in [-0.25, -0.2) is 4.98 Å². The van der Waals surface area contributed by atoms with Crippen LogP contribution in [0.2, 0.25) is 0 Å². The van der Waals surface area contributed by atoms with E-state index in [1.807, 2.05) is 6.07 Å². The number of nitrogens with zero attached hydrogens (tertiary/aromatic N) is 2. The van der Waals surface area contributed by atoms with E-state index >= 15 is 0 Å². The minimum Gasteiger partial charge on any atom is -0.399 e. The van der Waals surface area contributed by atoms with Crippen molar-refractivity contribution < 1.29 is 9.34 Å². The maximum atomic E-state index is 11.0. The third kappa shape index (κ3) is 1.89. The molecule has 1 aromatic carbocycles. The molecule has 0 amide bonds. The molecule has 1 fully saturated rings. The van der Waals surface area contributed by atoms with Gasteiger partial charge in [-0.1, -0.05) is 12.1 Å². The van der Waals surface area contributed by atoms with Gasteiger partial charge < -0.3 is 4.42 Å². The first kappa shape index (κ1) is 14.4. The Labute approximate surface area is 151 Å². The third-order valence-electron chi connectivity index (χ3n) is 5.30. The summed E-state index contributed by atoms with van der Waals surface area (Å²) in [4.78, 5) is 15.3. The number of hydrogen-bond donors (Lipinski definition) is 0. The van der Waals surface area contributed by atoms with Gasteiger partial charge in [-0.05, 0) is 76.9 Å². The molecule has 3 aromatic rings. The van der Waals surface area contributed by atoms with Crippen molar-refractivity contribution in [1.29, 1.82) is 0 Å². The minimum absolute atomic E-state index is 0.230. The molecule has 0 radical (unpaired) electrons. The van der Waals surface area contributed by atoms with E-state index in [2.05, 4.69) is 34.7 Å². The monoisotopic (exact) mass is 432 g/mol. The van der Waals surface area contributed by atoms with E-state index in [1.165, 1.54) is 35.4 Å². The highest BCUT2D eigenvalue weighted by Gasteiger charge is 2.41. The van der Waals surface area contributed by atoms with Crippen LogP contribution in [0.15, 0.2) is 34.7 Å². The average molecular weight is 432 g/mol. The van der Waals surface area contributed by atoms with E-state index in [-0.39, 0.29) is 5.88 Å². The lowest BCUT2D eigenvalue weighted by molar-refractivity contribution is -0.401. The second-order valence-corrected chi connectivity index (χ2v) is 7.69. The summed E-state index contributed by atoms with van der Waals surface area (Å²) >= 11 is 2.30. The molecular formula is C18H13IN2O3. The van der Waals surface area contributed by atoms with E-state index in [0.29, 0.717) is 17.6 Å². The predicted molar refractivity (Wildman–Crippen MR) is 98.1 cm³/mol. The zero-order chi connectivity index (χ0) is 16.4. The standard InChI is InChI=1S/C18H13IN2O3/c19-12-3-1-2-11-15-9-4-5-10(8-9)16(15)18(20-17(11)12)13-6-7-14(24-13)21(22)23/h1-3,6-7,9-10H,4-5,8H2. The fourth-order valence-electron chi connectivity index (χ4n) is 4.39. The van der Waals surface area contributed by atoms with E-state index in [4.69, 9.17) is 9.40 Å². The Bertz CT molecular complexity index is 1010. The number of nitro groups is 1. The minimum atomic E-state index is -0.499. The van der Waals surface area contributed by atoms with E-state index in [1.54, 1.807) is 6.07 Å². The Balaban J connectivity index is 1.84. The van der Waals surface area contributed by atoms with Gasteiger partial charge in [-0.15, -0.1) is 0 Å². The summed E-state index contributed by atoms with van der Waals surface area (Å²) in [5, 5.41) is 12.2. The molecule has 0 aliphatic heterocycles. The number of benzene rings is 1. The highest BCUT2D eigenvalue weighted by atomic mass is 127. The largest absolute Gasteiger partial charge is 0.433 e. The first-order valence-electron chi connectivity index (χ1n) is 8.00. The van der Waals surface area contributed by atoms with E-state index < -0.39 is 4.92 Å². The van der Waals surface area contributed by atoms with Crippen LogP contribution in [-0.4, -0.2) is 9.91 Å². The van der Waals surface area contributed by atoms with Gasteiger partial charge in [-0.3, -0.25) is 10.1 Å². The number of hydrogen-bond acceptors (Lipinski definition) is 4. The Kier molecular flexibility index (Phi) is 3.01. The molecule has 0 N–H and O–H groups in total. The van der Waals surface area contributed by atoms with Crippen LogP contribution in [0.25, 0.3) is 22.4 Å². The molecule has 0 spiro atoms. The first-order valence-corrected chi connectivity index (χ1v) is 9.08. The third-order valence-corrected chi connectivity index (χ3v) is 6.17. The Morgan fingerprint density at radius 1 is 1.17 bits per heavy atom. The average Bonchev–Trinajstić information content (AvgIpc) is 3.30. The van der Waals surface area contributed by atoms with Gasteiger partial charge in [0.2, 0.25) is 0 Å². The topological polar surface area (TPSA) is 69.2 Å². The summed E-state index contributed by atoms with van der Waals surface area (Å²) in [5.74, 6) is 1.36. The Morgan fingerprint density at radius 3 is 2.71 bits per heavy atom. The van der Waals surface area contributed by atoms with Crippen molar-refractivity contribution in [3.05, 3.63) is 55.1 Å². The van der Waals surface area contributed by atoms with Gasteiger partial charge in [0.1, 0.15) is 10.6 Å². The highest BCUT2D eigenvalue weighted by molar-refractivity contribution is 14.1. The molecule has 120 valence electrons. The normalized spacial score (nSPS) is 21.4. The van der Waals surface area contributed by atoms with Crippen molar-refractivity contribution in [2.24, 2.45) is 0 Å². The summed E-state index contributed by atoms with van der Waals surface area (Å²) in [5.41, 5.74) is 4.41. The summed E-state index contributed by atoms with van der Waals surface area (Å²) in [7, 11) is 0. The molecule has 2 atom stereocenters. The number of furan rings is 1. The Hall–Kier alpha value is -1.96. The maximum Gasteiger partial charge on any atom is 0.433 e. The molecule has 6 heteroatoms. The van der Waals surface area contributed by atoms with Crippen molar-refractivity contribution in [2.45, 2.75) is 31.1 Å². The molecule has 2 aliphatic rings. The van der Waals surface area contributed by atoms with Crippen LogP contribution >= 0.6 is 22.6 Å². The summed E-state index contributed by atoms with van der Waals surface area (Å²) in [6.45, 7) is 0. The molecular weight excluding hydrogens is 419 g/mol. The molecule has 2 unspecified atom stereocenters. The van der Waals surface area contributed by atoms with Gasteiger partial charge in [0.15, 0.2) is 5.76 Å². The van der Waals surface area contributed by atoms with Crippen LogP contribution in [0, 0.1) is 13.7 Å². The van der Waals surface area contributed by atoms with Crippen LogP contribution in [0.5, 0.6) is 0 Å². The predicted octanol–water partition coefficient (Wildman–Crippen LogP) is 5.37. The Morgan fingerprint density at radius 2 is 1.96 bits per heavy atom. The van der Waals surface area contributed by atoms with Gasteiger partial charge >= 0.3 is 5.88 Å². The maximum absolute atomic E-state index is 11.0. The molecule has 0 saturated heterocycles. The molecule has 2 aromatic heterocycles. The second kappa shape index (κ2) is 5.02. The van der Waals surface area contributed by atoms with Gasteiger partial charge in [0.25, 0.3) is 0 Å². The van der Waals surface area contributed by atoms with Gasteiger partial charge in [0, 0.05) is 8.96 Å². The van der Waals surface area contributed by atoms with Crippen LogP contribution in [0.1, 0.15) is 42.2 Å². The first-order chi connectivity index (χ1) is 11.6. The lowest BCUT2D eigenvalue weighted by Crippen LogP contribution is -2.04. The molecule has 2 heterocycles. The van der Waals surface area contributed by atoms with Crippen molar-refractivity contribution in [2.75, 3.05) is 0 Å². The van der Waals surface area contributed by atoms with Gasteiger partial charge in [-0.2, -0.15) is 0 Å². The SMILES string of the molecule is O=[N+]([O-])c1ccc(-c2nc3c(I)cccc3c3c2C2CCC3C2)o1. The number of halogens is 1. The number of fused-ring (bicyclic) bond motifs is 7. The lowest BCUT2D eigenvalue weighted by Gasteiger charge is -2.20. The fourth-order valence-corrected chi connectivity index (χ4v) is 5.01. The van der Waals surface area contributed by atoms with Crippen LogP contribution in [0.3, 0.4) is 0 Å². The molecule has 5 rings (SSSR count). The summed E-state index contributed by atoms with van der Waals surface area (Å²) in [6.07, 6.45) is 3.56. The van der Waals surface area contributed by atoms with Crippen molar-refractivity contribution >= 4 is 39.4 Å². The second-order valence-electron chi connectivity index (χ2n) is 6.53. The summed E-state index contributed by atoms with van der Waals surface area (Å²) in [6, 6.07) is 9.36. The van der Waals surface area contributed by atoms with Gasteiger partial charge in [0.05, 0.1) is 11.6 Å². The summed E-state index contributed by atoms with van der Waals surface area (Å²) < 4.78 is 6.58. The molecule has 2 aliphatic carbocycles. The van der Waals surface area contributed by atoms with Crippen LogP contribution in [-0.2, 0) is 0 Å². The molecule has 2 bridgehead atoms. The zero-order valence-corrected chi connectivity index (χ0v) is 14.8. The smallest absolute Gasteiger partial charge is 0.399 e. The van der Waals surface area contributed by atoms with E-state index in [9.17, 15) is 10.1 Å². The molecule has 1 saturated carbocycles. The van der Waals surface area contributed by atoms with Crippen molar-refractivity contribution in [1.82, 2.24) is 4.98 Å². The van der Waals surface area contributed by atoms with Crippen molar-refractivity contribution in [3.63, 3.8) is 0 Å². The molecule has 24 heavy (non-hydrogen) atoms. The lowest BCUT2D eigenvalue weighted by atomic mass is 9.87. The molecule has 5 nitrogen and oxygen atoms in total. The van der Waals surface area contributed by atoms with Crippen molar-refractivity contribution in [3.8, 4) is 11.5 Å². The number of para-hydroxylation sites is 1. The van der Waals surface area contributed by atoms with Crippen LogP contribution < -0.4 is 0 Å². The number of rotatable bonds is 2. The van der Waals surface area contributed by atoms with Crippen LogP contribution in [0.4, 0.5) is 5.88 Å². The fraction of sp³-hybridized carbons (Fsp3) is 0.278. The quantitative estimate of drug-likeness (QED) is 0.310. The van der Waals surface area contributed by atoms with E-state index in [0.717, 1.165) is 21.2 Å². The number of aromatic nitrogens is 1. The number of pyridine rings is 1. The highest BCUT2D eigenvalue weighted by Crippen LogP contribution is 2.57. The zero-order valence-electron chi connectivity index (χ0n) is 12.7.